The van der Waals surface area contributed by atoms with Crippen molar-refractivity contribution >= 4 is 17.0 Å². The lowest BCUT2D eigenvalue weighted by Gasteiger charge is -2.00. The number of hydrogen-bond acceptors (Lipinski definition) is 1. The summed E-state index contributed by atoms with van der Waals surface area (Å²) in [6.07, 6.45) is 11.8. The molecule has 0 atom stereocenters. The Morgan fingerprint density at radius 1 is 1.14 bits per heavy atom. The maximum atomic E-state index is 4.10. The normalized spacial score (nSPS) is 9.50. The minimum absolute atomic E-state index is 0. The summed E-state index contributed by atoms with van der Waals surface area (Å²) in [6.45, 7) is 2.25. The first-order chi connectivity index (χ1) is 6.43. The highest BCUT2D eigenvalue weighted by Gasteiger charge is 1.92. The highest BCUT2D eigenvalue weighted by atomic mass is 79.9. The fourth-order valence-electron chi connectivity index (χ4n) is 1.48. The highest BCUT2D eigenvalue weighted by molar-refractivity contribution is 8.93. The molecule has 0 N–H and O–H groups in total. The lowest BCUT2D eigenvalue weighted by atomic mass is 10.1. The molecule has 0 aliphatic heterocycles. The van der Waals surface area contributed by atoms with E-state index in [0.29, 0.717) is 0 Å². The van der Waals surface area contributed by atoms with Gasteiger partial charge in [0, 0.05) is 12.4 Å². The van der Waals surface area contributed by atoms with Gasteiger partial charge in [0.25, 0.3) is 0 Å². The predicted octanol–water partition coefficient (Wildman–Crippen LogP) is 4.17. The molecule has 1 aromatic heterocycles. The summed E-state index contributed by atoms with van der Waals surface area (Å²) < 4.78 is 0. The molecule has 1 heterocycles. The van der Waals surface area contributed by atoms with Crippen molar-refractivity contribution in [1.82, 2.24) is 4.98 Å². The zero-order valence-electron chi connectivity index (χ0n) is 8.91. The second-order valence-corrected chi connectivity index (χ2v) is 3.53. The van der Waals surface area contributed by atoms with Gasteiger partial charge in [0.15, 0.2) is 0 Å². The molecule has 1 rings (SSSR count). The molecule has 0 aromatic carbocycles. The summed E-state index contributed by atoms with van der Waals surface area (Å²) in [6, 6.07) is 4.17. The average Bonchev–Trinajstić information content (AvgIpc) is 2.19. The molecule has 80 valence electrons. The Kier molecular flexibility index (Phi) is 8.95. The molecule has 0 bridgehead atoms. The van der Waals surface area contributed by atoms with Crippen LogP contribution in [0.25, 0.3) is 0 Å². The summed E-state index contributed by atoms with van der Waals surface area (Å²) in [7, 11) is 0. The Morgan fingerprint density at radius 3 is 2.57 bits per heavy atom. The van der Waals surface area contributed by atoms with Gasteiger partial charge in [-0.2, -0.15) is 0 Å². The molecule has 0 saturated heterocycles. The van der Waals surface area contributed by atoms with Gasteiger partial charge in [-0.05, 0) is 24.5 Å². The largest absolute Gasteiger partial charge is 0.264 e. The first kappa shape index (κ1) is 13.6. The minimum Gasteiger partial charge on any atom is -0.264 e. The second kappa shape index (κ2) is 9.20. The number of unbranched alkanes of at least 4 members (excludes halogenated alkanes) is 4. The van der Waals surface area contributed by atoms with Gasteiger partial charge < -0.3 is 0 Å². The molecule has 0 fully saturated rings. The van der Waals surface area contributed by atoms with Crippen molar-refractivity contribution in [2.45, 2.75) is 45.4 Å². The molecule has 0 radical (unpaired) electrons. The lowest BCUT2D eigenvalue weighted by molar-refractivity contribution is 0.632. The van der Waals surface area contributed by atoms with Crippen LogP contribution in [0.15, 0.2) is 24.5 Å². The van der Waals surface area contributed by atoms with Crippen LogP contribution in [-0.2, 0) is 6.42 Å². The average molecular weight is 258 g/mol. The molecule has 0 saturated carbocycles. The van der Waals surface area contributed by atoms with Crippen LogP contribution in [0.5, 0.6) is 0 Å². The van der Waals surface area contributed by atoms with Crippen LogP contribution in [0.4, 0.5) is 0 Å². The Labute approximate surface area is 97.7 Å². The van der Waals surface area contributed by atoms with Crippen molar-refractivity contribution in [3.05, 3.63) is 30.1 Å². The van der Waals surface area contributed by atoms with E-state index in [9.17, 15) is 0 Å². The van der Waals surface area contributed by atoms with Crippen molar-refractivity contribution in [1.29, 1.82) is 0 Å². The van der Waals surface area contributed by atoms with Crippen LogP contribution < -0.4 is 0 Å². The summed E-state index contributed by atoms with van der Waals surface area (Å²) in [4.78, 5) is 4.10. The fourth-order valence-corrected chi connectivity index (χ4v) is 1.48. The second-order valence-electron chi connectivity index (χ2n) is 3.53. The third-order valence-electron chi connectivity index (χ3n) is 2.29. The van der Waals surface area contributed by atoms with Gasteiger partial charge in [-0.3, -0.25) is 4.98 Å². The van der Waals surface area contributed by atoms with Gasteiger partial charge in [-0.15, -0.1) is 17.0 Å². The third-order valence-corrected chi connectivity index (χ3v) is 2.29. The van der Waals surface area contributed by atoms with Crippen LogP contribution >= 0.6 is 17.0 Å². The van der Waals surface area contributed by atoms with Gasteiger partial charge in [0.2, 0.25) is 0 Å². The summed E-state index contributed by atoms with van der Waals surface area (Å²) in [5, 5.41) is 0. The maximum Gasteiger partial charge on any atom is 0.0299 e. The molecule has 1 nitrogen and oxygen atoms in total. The Morgan fingerprint density at radius 2 is 1.93 bits per heavy atom. The molecule has 14 heavy (non-hydrogen) atoms. The molecule has 0 unspecified atom stereocenters. The Hall–Kier alpha value is -0.370. The van der Waals surface area contributed by atoms with Gasteiger partial charge in [-0.1, -0.05) is 38.7 Å². The van der Waals surface area contributed by atoms with E-state index in [1.54, 1.807) is 0 Å². The predicted molar refractivity (Wildman–Crippen MR) is 67.0 cm³/mol. The summed E-state index contributed by atoms with van der Waals surface area (Å²) in [5.74, 6) is 0. The molecule has 0 aliphatic carbocycles. The van der Waals surface area contributed by atoms with Crippen molar-refractivity contribution in [2.75, 3.05) is 0 Å². The molecular formula is C12H20BrN. The first-order valence-electron chi connectivity index (χ1n) is 5.32. The highest BCUT2D eigenvalue weighted by Crippen LogP contribution is 2.07. The lowest BCUT2D eigenvalue weighted by Crippen LogP contribution is -1.86. The Bertz CT molecular complexity index is 211. The van der Waals surface area contributed by atoms with E-state index in [2.05, 4.69) is 18.0 Å². The third kappa shape index (κ3) is 6.14. The number of rotatable bonds is 6. The van der Waals surface area contributed by atoms with E-state index in [-0.39, 0.29) is 17.0 Å². The first-order valence-corrected chi connectivity index (χ1v) is 5.32. The van der Waals surface area contributed by atoms with E-state index in [1.807, 2.05) is 18.5 Å². The molecular weight excluding hydrogens is 238 g/mol. The van der Waals surface area contributed by atoms with Crippen LogP contribution in [0.3, 0.4) is 0 Å². The van der Waals surface area contributed by atoms with E-state index in [0.717, 1.165) is 0 Å². The topological polar surface area (TPSA) is 12.9 Å². The number of aromatic nitrogens is 1. The van der Waals surface area contributed by atoms with Crippen molar-refractivity contribution in [2.24, 2.45) is 0 Å². The van der Waals surface area contributed by atoms with E-state index >= 15 is 0 Å². The van der Waals surface area contributed by atoms with Crippen molar-refractivity contribution < 1.29 is 0 Å². The van der Waals surface area contributed by atoms with Gasteiger partial charge in [0.05, 0.1) is 0 Å². The van der Waals surface area contributed by atoms with Crippen molar-refractivity contribution in [3.8, 4) is 0 Å². The van der Waals surface area contributed by atoms with E-state index in [1.165, 1.54) is 44.1 Å². The van der Waals surface area contributed by atoms with Crippen LogP contribution in [0.2, 0.25) is 0 Å². The molecule has 0 amide bonds. The van der Waals surface area contributed by atoms with Crippen LogP contribution in [0.1, 0.15) is 44.6 Å². The quantitative estimate of drug-likeness (QED) is 0.698. The van der Waals surface area contributed by atoms with Crippen LogP contribution in [0, 0.1) is 0 Å². The standard InChI is InChI=1S/C12H19N.BrH/c1-2-3-4-5-6-8-12-9-7-10-13-11-12;/h7,9-11H,2-6,8H2,1H3;1H. The molecule has 0 spiro atoms. The number of aryl methyl sites for hydroxylation is 1. The number of pyridine rings is 1. The summed E-state index contributed by atoms with van der Waals surface area (Å²) in [5.41, 5.74) is 1.37. The zero-order chi connectivity index (χ0) is 9.36. The Balaban J connectivity index is 0.00000169. The number of halogens is 1. The number of nitrogens with zero attached hydrogens (tertiary/aromatic N) is 1. The number of hydrogen-bond donors (Lipinski definition) is 0. The van der Waals surface area contributed by atoms with Crippen LogP contribution in [-0.4, -0.2) is 4.98 Å². The smallest absolute Gasteiger partial charge is 0.0299 e. The summed E-state index contributed by atoms with van der Waals surface area (Å²) >= 11 is 0. The van der Waals surface area contributed by atoms with Gasteiger partial charge >= 0.3 is 0 Å². The van der Waals surface area contributed by atoms with Gasteiger partial charge in [-0.25, -0.2) is 0 Å². The maximum absolute atomic E-state index is 4.10. The minimum atomic E-state index is 0. The van der Waals surface area contributed by atoms with Gasteiger partial charge in [0.1, 0.15) is 0 Å². The SMILES string of the molecule is Br.CCCCCCCc1cccnc1. The molecule has 2 heteroatoms. The monoisotopic (exact) mass is 257 g/mol. The fraction of sp³-hybridized carbons (Fsp3) is 0.583. The molecule has 1 aromatic rings. The van der Waals surface area contributed by atoms with E-state index in [4.69, 9.17) is 0 Å². The van der Waals surface area contributed by atoms with E-state index < -0.39 is 0 Å². The van der Waals surface area contributed by atoms with Crippen molar-refractivity contribution in [3.63, 3.8) is 0 Å². The zero-order valence-corrected chi connectivity index (χ0v) is 10.6. The molecule has 0 aliphatic rings.